The smallest absolute Gasteiger partial charge is 0.105 e. The van der Waals surface area contributed by atoms with Gasteiger partial charge in [0.05, 0.1) is 6.26 Å². The zero-order valence-electron chi connectivity index (χ0n) is 5.26. The highest BCUT2D eigenvalue weighted by Crippen LogP contribution is 1.69. The van der Waals surface area contributed by atoms with Crippen molar-refractivity contribution in [2.24, 2.45) is 5.73 Å². The van der Waals surface area contributed by atoms with Crippen LogP contribution in [0.4, 0.5) is 0 Å². The SMILES string of the molecule is C=CCOC=C.CN. The van der Waals surface area contributed by atoms with E-state index in [1.54, 1.807) is 6.08 Å². The fraction of sp³-hybridized carbons (Fsp3) is 0.333. The number of nitrogens with two attached hydrogens (primary N) is 1. The summed E-state index contributed by atoms with van der Waals surface area (Å²) in [6.07, 6.45) is 3.06. The van der Waals surface area contributed by atoms with Crippen LogP contribution in [0.2, 0.25) is 0 Å². The maximum absolute atomic E-state index is 4.63. The molecule has 0 rings (SSSR count). The molecule has 0 amide bonds. The zero-order valence-corrected chi connectivity index (χ0v) is 5.26. The summed E-state index contributed by atoms with van der Waals surface area (Å²) >= 11 is 0. The van der Waals surface area contributed by atoms with E-state index >= 15 is 0 Å². The van der Waals surface area contributed by atoms with Crippen LogP contribution in [-0.2, 0) is 4.74 Å². The van der Waals surface area contributed by atoms with E-state index in [1.165, 1.54) is 13.3 Å². The highest BCUT2D eigenvalue weighted by molar-refractivity contribution is 4.65. The van der Waals surface area contributed by atoms with Crippen molar-refractivity contribution in [3.63, 3.8) is 0 Å². The van der Waals surface area contributed by atoms with E-state index in [0.29, 0.717) is 6.61 Å². The Kier molecular flexibility index (Phi) is 20.9. The summed E-state index contributed by atoms with van der Waals surface area (Å²) in [4.78, 5) is 0. The van der Waals surface area contributed by atoms with Gasteiger partial charge in [-0.05, 0) is 7.05 Å². The first kappa shape index (κ1) is 10.3. The van der Waals surface area contributed by atoms with E-state index in [2.05, 4.69) is 23.6 Å². The van der Waals surface area contributed by atoms with Crippen LogP contribution in [0.1, 0.15) is 0 Å². The maximum atomic E-state index is 4.63. The van der Waals surface area contributed by atoms with Crippen molar-refractivity contribution < 1.29 is 4.74 Å². The Labute approximate surface area is 50.6 Å². The summed E-state index contributed by atoms with van der Waals surface area (Å²) in [5.74, 6) is 0. The molecule has 0 radical (unpaired) electrons. The molecule has 0 unspecified atom stereocenters. The van der Waals surface area contributed by atoms with Crippen LogP contribution in [0.15, 0.2) is 25.5 Å². The average molecular weight is 115 g/mol. The summed E-state index contributed by atoms with van der Waals surface area (Å²) in [6, 6.07) is 0. The minimum Gasteiger partial charge on any atom is -0.498 e. The van der Waals surface area contributed by atoms with Gasteiger partial charge in [0.2, 0.25) is 0 Å². The molecule has 2 heteroatoms. The molecule has 0 aromatic carbocycles. The lowest BCUT2D eigenvalue weighted by Gasteiger charge is -1.86. The molecule has 2 nitrogen and oxygen atoms in total. The van der Waals surface area contributed by atoms with E-state index in [4.69, 9.17) is 0 Å². The third-order valence-electron chi connectivity index (χ3n) is 0.332. The zero-order chi connectivity index (χ0) is 6.83. The van der Waals surface area contributed by atoms with Gasteiger partial charge < -0.3 is 10.5 Å². The highest BCUT2D eigenvalue weighted by Gasteiger charge is 1.61. The van der Waals surface area contributed by atoms with Crippen LogP contribution in [0.25, 0.3) is 0 Å². The lowest BCUT2D eigenvalue weighted by Crippen LogP contribution is -1.75. The van der Waals surface area contributed by atoms with Crippen molar-refractivity contribution in [2.75, 3.05) is 13.7 Å². The van der Waals surface area contributed by atoms with E-state index in [0.717, 1.165) is 0 Å². The van der Waals surface area contributed by atoms with Gasteiger partial charge in [0.1, 0.15) is 6.61 Å². The quantitative estimate of drug-likeness (QED) is 0.337. The Morgan fingerprint density at radius 3 is 2.12 bits per heavy atom. The van der Waals surface area contributed by atoms with Crippen molar-refractivity contribution in [2.45, 2.75) is 0 Å². The van der Waals surface area contributed by atoms with E-state index in [9.17, 15) is 0 Å². The second-order valence-corrected chi connectivity index (χ2v) is 0.789. The topological polar surface area (TPSA) is 35.2 Å². The number of ether oxygens (including phenoxy) is 1. The molecule has 0 aliphatic carbocycles. The Balaban J connectivity index is 0. The van der Waals surface area contributed by atoms with Crippen molar-refractivity contribution >= 4 is 0 Å². The highest BCUT2D eigenvalue weighted by atomic mass is 16.5. The van der Waals surface area contributed by atoms with Crippen molar-refractivity contribution in [3.8, 4) is 0 Å². The van der Waals surface area contributed by atoms with Crippen molar-refractivity contribution in [1.82, 2.24) is 0 Å². The monoisotopic (exact) mass is 115 g/mol. The van der Waals surface area contributed by atoms with Crippen LogP contribution in [0.3, 0.4) is 0 Å². The lowest BCUT2D eigenvalue weighted by molar-refractivity contribution is 0.291. The Hall–Kier alpha value is -0.760. The molecular weight excluding hydrogens is 102 g/mol. The molecule has 0 fully saturated rings. The van der Waals surface area contributed by atoms with Crippen LogP contribution >= 0.6 is 0 Å². The molecule has 2 N–H and O–H groups in total. The Bertz CT molecular complexity index is 44.5. The van der Waals surface area contributed by atoms with Gasteiger partial charge >= 0.3 is 0 Å². The third kappa shape index (κ3) is 18.8. The van der Waals surface area contributed by atoms with Crippen LogP contribution in [0.5, 0.6) is 0 Å². The van der Waals surface area contributed by atoms with Gasteiger partial charge in [-0.15, -0.1) is 0 Å². The molecule has 0 saturated carbocycles. The molecule has 0 bridgehead atoms. The van der Waals surface area contributed by atoms with Gasteiger partial charge in [-0.1, -0.05) is 19.2 Å². The third-order valence-corrected chi connectivity index (χ3v) is 0.332. The second kappa shape index (κ2) is 16.3. The Morgan fingerprint density at radius 2 is 2.00 bits per heavy atom. The van der Waals surface area contributed by atoms with Crippen LogP contribution < -0.4 is 5.73 Å². The predicted molar refractivity (Wildman–Crippen MR) is 36.5 cm³/mol. The average Bonchev–Trinajstić information content (AvgIpc) is 1.88. The van der Waals surface area contributed by atoms with E-state index < -0.39 is 0 Å². The second-order valence-electron chi connectivity index (χ2n) is 0.789. The molecule has 48 valence electrons. The van der Waals surface area contributed by atoms with Crippen molar-refractivity contribution in [3.05, 3.63) is 25.5 Å². The molecule has 0 heterocycles. The molecule has 0 aliphatic rings. The molecule has 8 heavy (non-hydrogen) atoms. The molecule has 0 aliphatic heterocycles. The Morgan fingerprint density at radius 1 is 1.50 bits per heavy atom. The molecule has 0 aromatic rings. The van der Waals surface area contributed by atoms with Crippen LogP contribution in [0, 0.1) is 0 Å². The fourth-order valence-electron chi connectivity index (χ4n) is 0.136. The first-order chi connectivity index (χ1) is 3.91. The normalized spacial score (nSPS) is 5.75. The summed E-state index contributed by atoms with van der Waals surface area (Å²) in [5, 5.41) is 0. The molecular formula is C6H13NO. The largest absolute Gasteiger partial charge is 0.498 e. The lowest BCUT2D eigenvalue weighted by atomic mass is 10.7. The molecule has 0 saturated heterocycles. The standard InChI is InChI=1S/C5H8O.CH5N/c1-3-5-6-4-2;1-2/h3-4H,1-2,5H2;2H2,1H3. The summed E-state index contributed by atoms with van der Waals surface area (Å²) in [6.45, 7) is 7.31. The van der Waals surface area contributed by atoms with Gasteiger partial charge in [-0.3, -0.25) is 0 Å². The maximum Gasteiger partial charge on any atom is 0.105 e. The number of hydrogen-bond donors (Lipinski definition) is 1. The number of hydrogen-bond acceptors (Lipinski definition) is 2. The summed E-state index contributed by atoms with van der Waals surface area (Å²) in [5.41, 5.74) is 4.50. The van der Waals surface area contributed by atoms with Gasteiger partial charge in [-0.2, -0.15) is 0 Å². The minimum absolute atomic E-state index is 0.559. The van der Waals surface area contributed by atoms with Crippen LogP contribution in [-0.4, -0.2) is 13.7 Å². The van der Waals surface area contributed by atoms with Gasteiger partial charge in [0.25, 0.3) is 0 Å². The first-order valence-corrected chi connectivity index (χ1v) is 2.33. The first-order valence-electron chi connectivity index (χ1n) is 2.33. The van der Waals surface area contributed by atoms with Gasteiger partial charge in [0.15, 0.2) is 0 Å². The molecule has 0 atom stereocenters. The van der Waals surface area contributed by atoms with Gasteiger partial charge in [-0.25, -0.2) is 0 Å². The summed E-state index contributed by atoms with van der Waals surface area (Å²) in [7, 11) is 1.50. The molecule has 0 aromatic heterocycles. The molecule has 0 spiro atoms. The van der Waals surface area contributed by atoms with E-state index in [-0.39, 0.29) is 0 Å². The fourth-order valence-corrected chi connectivity index (χ4v) is 0.136. The minimum atomic E-state index is 0.559. The summed E-state index contributed by atoms with van der Waals surface area (Å²) < 4.78 is 4.63. The number of rotatable bonds is 3. The van der Waals surface area contributed by atoms with E-state index in [1.807, 2.05) is 0 Å². The van der Waals surface area contributed by atoms with Crippen molar-refractivity contribution in [1.29, 1.82) is 0 Å². The van der Waals surface area contributed by atoms with Gasteiger partial charge in [0, 0.05) is 0 Å². The predicted octanol–water partition coefficient (Wildman–Crippen LogP) is 0.907.